The van der Waals surface area contributed by atoms with Crippen LogP contribution in [0, 0.1) is 0 Å². The number of benzene rings is 1. The van der Waals surface area contributed by atoms with E-state index < -0.39 is 0 Å². The SMILES string of the molecule is CN(CCCCCO)C(=O)c1ccc(Cl)cc1Br. The molecule has 1 aromatic carbocycles. The van der Waals surface area contributed by atoms with E-state index in [2.05, 4.69) is 15.9 Å². The molecular formula is C13H17BrClNO2. The minimum Gasteiger partial charge on any atom is -0.396 e. The Balaban J connectivity index is 2.57. The number of hydrogen-bond donors (Lipinski definition) is 1. The van der Waals surface area contributed by atoms with Gasteiger partial charge in [-0.3, -0.25) is 4.79 Å². The minimum atomic E-state index is -0.0254. The summed E-state index contributed by atoms with van der Waals surface area (Å²) in [4.78, 5) is 13.8. The van der Waals surface area contributed by atoms with Gasteiger partial charge in [0.25, 0.3) is 5.91 Å². The lowest BCUT2D eigenvalue weighted by Gasteiger charge is -2.18. The van der Waals surface area contributed by atoms with E-state index in [9.17, 15) is 4.79 Å². The number of carbonyl (C=O) groups is 1. The van der Waals surface area contributed by atoms with Crippen LogP contribution in [0.1, 0.15) is 29.6 Å². The Kier molecular flexibility index (Phi) is 6.68. The second-order valence-electron chi connectivity index (χ2n) is 4.14. The van der Waals surface area contributed by atoms with Crippen LogP contribution in [-0.4, -0.2) is 36.1 Å². The van der Waals surface area contributed by atoms with Crippen LogP contribution in [0.4, 0.5) is 0 Å². The summed E-state index contributed by atoms with van der Waals surface area (Å²) in [5, 5.41) is 9.28. The molecule has 0 heterocycles. The molecule has 18 heavy (non-hydrogen) atoms. The maximum atomic E-state index is 12.1. The van der Waals surface area contributed by atoms with Crippen molar-refractivity contribution in [3.05, 3.63) is 33.3 Å². The average Bonchev–Trinajstić information content (AvgIpc) is 2.33. The lowest BCUT2D eigenvalue weighted by molar-refractivity contribution is 0.0791. The number of hydrogen-bond acceptors (Lipinski definition) is 2. The first-order valence-corrected chi connectivity index (χ1v) is 7.04. The molecule has 1 amide bonds. The van der Waals surface area contributed by atoms with Crippen molar-refractivity contribution in [3.63, 3.8) is 0 Å². The van der Waals surface area contributed by atoms with Gasteiger partial charge in [0.15, 0.2) is 0 Å². The first kappa shape index (κ1) is 15.5. The van der Waals surface area contributed by atoms with Gasteiger partial charge in [0.2, 0.25) is 0 Å². The molecule has 0 bridgehead atoms. The lowest BCUT2D eigenvalue weighted by atomic mass is 10.2. The van der Waals surface area contributed by atoms with Crippen LogP contribution < -0.4 is 0 Å². The van der Waals surface area contributed by atoms with E-state index in [0.717, 1.165) is 19.3 Å². The molecule has 0 aliphatic heterocycles. The third-order valence-electron chi connectivity index (χ3n) is 2.66. The first-order chi connectivity index (χ1) is 8.56. The topological polar surface area (TPSA) is 40.5 Å². The van der Waals surface area contributed by atoms with Gasteiger partial charge in [-0.2, -0.15) is 0 Å². The van der Waals surface area contributed by atoms with Crippen molar-refractivity contribution in [1.29, 1.82) is 0 Å². The first-order valence-electron chi connectivity index (χ1n) is 5.87. The van der Waals surface area contributed by atoms with E-state index in [1.165, 1.54) is 0 Å². The fourth-order valence-electron chi connectivity index (χ4n) is 1.61. The van der Waals surface area contributed by atoms with E-state index in [-0.39, 0.29) is 12.5 Å². The summed E-state index contributed by atoms with van der Waals surface area (Å²) in [6.07, 6.45) is 2.61. The van der Waals surface area contributed by atoms with E-state index in [1.807, 2.05) is 0 Å². The number of amides is 1. The van der Waals surface area contributed by atoms with Crippen molar-refractivity contribution in [1.82, 2.24) is 4.90 Å². The van der Waals surface area contributed by atoms with Crippen LogP contribution in [0.15, 0.2) is 22.7 Å². The van der Waals surface area contributed by atoms with Gasteiger partial charge in [0.05, 0.1) is 5.56 Å². The highest BCUT2D eigenvalue weighted by Crippen LogP contribution is 2.22. The largest absolute Gasteiger partial charge is 0.396 e. The van der Waals surface area contributed by atoms with Crippen LogP contribution in [-0.2, 0) is 0 Å². The molecule has 0 unspecified atom stereocenters. The normalized spacial score (nSPS) is 10.4. The van der Waals surface area contributed by atoms with Crippen molar-refractivity contribution < 1.29 is 9.90 Å². The molecule has 0 spiro atoms. The highest BCUT2D eigenvalue weighted by Gasteiger charge is 2.14. The van der Waals surface area contributed by atoms with Crippen LogP contribution in [0.2, 0.25) is 5.02 Å². The zero-order valence-corrected chi connectivity index (χ0v) is 12.7. The quantitative estimate of drug-likeness (QED) is 0.811. The third-order valence-corrected chi connectivity index (χ3v) is 3.55. The van der Waals surface area contributed by atoms with Crippen molar-refractivity contribution >= 4 is 33.4 Å². The molecule has 1 rings (SSSR count). The Bertz CT molecular complexity index is 412. The fourth-order valence-corrected chi connectivity index (χ4v) is 2.46. The Labute approximate surface area is 121 Å². The standard InChI is InChI=1S/C13H17BrClNO2/c1-16(7-3-2-4-8-17)13(18)11-6-5-10(15)9-12(11)14/h5-6,9,17H,2-4,7-8H2,1H3. The summed E-state index contributed by atoms with van der Waals surface area (Å²) in [5.41, 5.74) is 0.615. The molecule has 0 aliphatic carbocycles. The van der Waals surface area contributed by atoms with Gasteiger partial charge < -0.3 is 10.0 Å². The fraction of sp³-hybridized carbons (Fsp3) is 0.462. The summed E-state index contributed by atoms with van der Waals surface area (Å²) < 4.78 is 0.710. The Morgan fingerprint density at radius 2 is 2.11 bits per heavy atom. The molecule has 1 N–H and O–H groups in total. The number of aliphatic hydroxyl groups is 1. The smallest absolute Gasteiger partial charge is 0.254 e. The van der Waals surface area contributed by atoms with Gasteiger partial charge in [0.1, 0.15) is 0 Å². The Morgan fingerprint density at radius 1 is 1.39 bits per heavy atom. The van der Waals surface area contributed by atoms with E-state index in [0.29, 0.717) is 21.6 Å². The monoisotopic (exact) mass is 333 g/mol. The predicted molar refractivity (Wildman–Crippen MR) is 77.0 cm³/mol. The zero-order chi connectivity index (χ0) is 13.5. The molecule has 5 heteroatoms. The number of aliphatic hydroxyl groups excluding tert-OH is 1. The summed E-state index contributed by atoms with van der Waals surface area (Å²) >= 11 is 9.19. The second-order valence-corrected chi connectivity index (χ2v) is 5.43. The van der Waals surface area contributed by atoms with E-state index >= 15 is 0 Å². The van der Waals surface area contributed by atoms with Gasteiger partial charge in [0, 0.05) is 29.7 Å². The molecule has 1 aromatic rings. The molecule has 0 saturated heterocycles. The number of nitrogens with zero attached hydrogens (tertiary/aromatic N) is 1. The number of carbonyl (C=O) groups excluding carboxylic acids is 1. The van der Waals surface area contributed by atoms with E-state index in [1.54, 1.807) is 30.1 Å². The van der Waals surface area contributed by atoms with Crippen molar-refractivity contribution in [2.45, 2.75) is 19.3 Å². The Hall–Kier alpha value is -0.580. The minimum absolute atomic E-state index is 0.0254. The van der Waals surface area contributed by atoms with Crippen molar-refractivity contribution in [2.75, 3.05) is 20.2 Å². The number of unbranched alkanes of at least 4 members (excludes halogenated alkanes) is 2. The molecule has 0 saturated carbocycles. The van der Waals surface area contributed by atoms with Gasteiger partial charge in [-0.25, -0.2) is 0 Å². The van der Waals surface area contributed by atoms with Gasteiger partial charge in [-0.05, 0) is 53.4 Å². The summed E-state index contributed by atoms with van der Waals surface area (Å²) in [7, 11) is 1.78. The molecule has 0 radical (unpaired) electrons. The van der Waals surface area contributed by atoms with Crippen LogP contribution >= 0.6 is 27.5 Å². The predicted octanol–water partition coefficient (Wildman–Crippen LogP) is 3.34. The van der Waals surface area contributed by atoms with E-state index in [4.69, 9.17) is 16.7 Å². The summed E-state index contributed by atoms with van der Waals surface area (Å²) in [6, 6.07) is 5.15. The highest BCUT2D eigenvalue weighted by atomic mass is 79.9. The maximum absolute atomic E-state index is 12.1. The molecular weight excluding hydrogens is 318 g/mol. The van der Waals surface area contributed by atoms with Crippen LogP contribution in [0.5, 0.6) is 0 Å². The highest BCUT2D eigenvalue weighted by molar-refractivity contribution is 9.10. The lowest BCUT2D eigenvalue weighted by Crippen LogP contribution is -2.28. The average molecular weight is 335 g/mol. The maximum Gasteiger partial charge on any atom is 0.254 e. The number of halogens is 2. The summed E-state index contributed by atoms with van der Waals surface area (Å²) in [5.74, 6) is -0.0254. The van der Waals surface area contributed by atoms with Gasteiger partial charge in [-0.15, -0.1) is 0 Å². The van der Waals surface area contributed by atoms with Crippen molar-refractivity contribution in [2.24, 2.45) is 0 Å². The van der Waals surface area contributed by atoms with Crippen LogP contribution in [0.25, 0.3) is 0 Å². The third kappa shape index (κ3) is 4.59. The molecule has 0 fully saturated rings. The number of rotatable bonds is 6. The Morgan fingerprint density at radius 3 is 2.72 bits per heavy atom. The molecule has 3 nitrogen and oxygen atoms in total. The van der Waals surface area contributed by atoms with Crippen LogP contribution in [0.3, 0.4) is 0 Å². The summed E-state index contributed by atoms with van der Waals surface area (Å²) in [6.45, 7) is 0.897. The molecule has 0 aliphatic rings. The van der Waals surface area contributed by atoms with Crippen molar-refractivity contribution in [3.8, 4) is 0 Å². The molecule has 0 aromatic heterocycles. The van der Waals surface area contributed by atoms with Gasteiger partial charge >= 0.3 is 0 Å². The van der Waals surface area contributed by atoms with Gasteiger partial charge in [-0.1, -0.05) is 11.6 Å². The zero-order valence-electron chi connectivity index (χ0n) is 10.3. The molecule has 0 atom stereocenters. The molecule has 100 valence electrons. The second kappa shape index (κ2) is 7.77.